The summed E-state index contributed by atoms with van der Waals surface area (Å²) in [5.74, 6) is -0.527. The third kappa shape index (κ3) is 4.33. The largest absolute Gasteiger partial charge is 0.388 e. The van der Waals surface area contributed by atoms with Crippen molar-refractivity contribution in [3.05, 3.63) is 83.6 Å². The number of allylic oxidation sites excluding steroid dienone is 6. The van der Waals surface area contributed by atoms with Crippen LogP contribution in [0.1, 0.15) is 46.1 Å². The average Bonchev–Trinajstić information content (AvgIpc) is 3.40. The lowest BCUT2D eigenvalue weighted by Crippen LogP contribution is -2.51. The lowest BCUT2D eigenvalue weighted by molar-refractivity contribution is -0.142. The number of hydrogen-bond acceptors (Lipinski definition) is 3. The van der Waals surface area contributed by atoms with Crippen LogP contribution in [0.3, 0.4) is 0 Å². The third-order valence-electron chi connectivity index (χ3n) is 8.95. The molecule has 0 saturated carbocycles. The van der Waals surface area contributed by atoms with Crippen molar-refractivity contribution in [1.82, 2.24) is 10.3 Å². The zero-order valence-electron chi connectivity index (χ0n) is 22.2. The van der Waals surface area contributed by atoms with Crippen LogP contribution in [0.2, 0.25) is 0 Å². The molecule has 3 N–H and O–H groups in total. The van der Waals surface area contributed by atoms with E-state index in [1.54, 1.807) is 12.2 Å². The van der Waals surface area contributed by atoms with Gasteiger partial charge >= 0.3 is 0 Å². The number of nitrogens with one attached hydrogen (secondary N) is 2. The highest BCUT2D eigenvalue weighted by Crippen LogP contribution is 2.54. The number of fused-ring (bicyclic) bond motifs is 1. The number of aliphatic hydroxyl groups excluding tert-OH is 1. The highest BCUT2D eigenvalue weighted by molar-refractivity contribution is 6.13. The van der Waals surface area contributed by atoms with E-state index < -0.39 is 11.5 Å². The molecule has 5 nitrogen and oxygen atoms in total. The van der Waals surface area contributed by atoms with Gasteiger partial charge < -0.3 is 15.4 Å². The number of carbonyl (C=O) groups excluding carboxylic acids is 2. The molecule has 2 aromatic rings. The van der Waals surface area contributed by atoms with Gasteiger partial charge in [0.25, 0.3) is 0 Å². The zero-order chi connectivity index (χ0) is 26.3. The summed E-state index contributed by atoms with van der Waals surface area (Å²) in [5.41, 5.74) is 3.15. The van der Waals surface area contributed by atoms with Crippen LogP contribution < -0.4 is 5.32 Å². The number of benzene rings is 1. The Labute approximate surface area is 219 Å². The molecule has 1 amide bonds. The molecule has 1 aliphatic heterocycles. The SMILES string of the molecule is CC1=C[C@@H]2/C=C/C[C@H](C)/C=C(\C)[C@@H](O)C/C=C/C(=O)[C@]23C(=O)N[C@@H](Cc2c[nH]c4ccccc24)[C@@H]3[C@@H]1C. The number of H-pyrrole nitrogens is 1. The molecule has 5 rings (SSSR count). The van der Waals surface area contributed by atoms with E-state index in [4.69, 9.17) is 0 Å². The fraction of sp³-hybridized carbons (Fsp3) is 0.438. The van der Waals surface area contributed by atoms with Crippen molar-refractivity contribution in [2.75, 3.05) is 0 Å². The fourth-order valence-electron chi connectivity index (χ4n) is 6.87. The summed E-state index contributed by atoms with van der Waals surface area (Å²) < 4.78 is 0. The summed E-state index contributed by atoms with van der Waals surface area (Å²) in [4.78, 5) is 31.5. The Morgan fingerprint density at radius 2 is 1.81 bits per heavy atom. The molecule has 1 fully saturated rings. The average molecular weight is 499 g/mol. The van der Waals surface area contributed by atoms with E-state index >= 15 is 0 Å². The number of amides is 1. The third-order valence-corrected chi connectivity index (χ3v) is 8.95. The number of para-hydroxylation sites is 1. The van der Waals surface area contributed by atoms with Gasteiger partial charge in [-0.05, 0) is 68.2 Å². The van der Waals surface area contributed by atoms with E-state index in [0.717, 1.165) is 28.5 Å². The Bertz CT molecular complexity index is 1330. The van der Waals surface area contributed by atoms with Crippen LogP contribution in [0.4, 0.5) is 0 Å². The Balaban J connectivity index is 1.59. The maximum atomic E-state index is 14.1. The van der Waals surface area contributed by atoms with Crippen LogP contribution in [-0.2, 0) is 16.0 Å². The zero-order valence-corrected chi connectivity index (χ0v) is 22.2. The molecule has 0 unspecified atom stereocenters. The van der Waals surface area contributed by atoms with E-state index in [0.29, 0.717) is 12.8 Å². The lowest BCUT2D eigenvalue weighted by atomic mass is 9.55. The molecule has 3 aliphatic rings. The van der Waals surface area contributed by atoms with Gasteiger partial charge in [0.1, 0.15) is 5.41 Å². The second kappa shape index (κ2) is 9.94. The van der Waals surface area contributed by atoms with Gasteiger partial charge in [0.2, 0.25) is 5.91 Å². The molecular weight excluding hydrogens is 460 g/mol. The van der Waals surface area contributed by atoms with Crippen LogP contribution in [0.25, 0.3) is 10.9 Å². The monoisotopic (exact) mass is 498 g/mol. The molecular formula is C32H38N2O3. The first-order valence-corrected chi connectivity index (χ1v) is 13.5. The van der Waals surface area contributed by atoms with Crippen molar-refractivity contribution < 1.29 is 14.7 Å². The van der Waals surface area contributed by atoms with Gasteiger partial charge in [-0.1, -0.05) is 68.0 Å². The topological polar surface area (TPSA) is 82.2 Å². The van der Waals surface area contributed by atoms with Crippen molar-refractivity contribution in [3.8, 4) is 0 Å². The van der Waals surface area contributed by atoms with Crippen molar-refractivity contribution in [1.29, 1.82) is 0 Å². The molecule has 1 saturated heterocycles. The maximum Gasteiger partial charge on any atom is 0.235 e. The van der Waals surface area contributed by atoms with E-state index in [1.165, 1.54) is 5.57 Å². The van der Waals surface area contributed by atoms with Crippen molar-refractivity contribution in [3.63, 3.8) is 0 Å². The summed E-state index contributed by atoms with van der Waals surface area (Å²) >= 11 is 0. The highest BCUT2D eigenvalue weighted by Gasteiger charge is 2.64. The van der Waals surface area contributed by atoms with E-state index in [-0.39, 0.29) is 41.4 Å². The second-order valence-electron chi connectivity index (χ2n) is 11.3. The first kappa shape index (κ1) is 25.5. The molecule has 0 radical (unpaired) electrons. The number of aromatic nitrogens is 1. The Kier molecular flexibility index (Phi) is 6.84. The van der Waals surface area contributed by atoms with Crippen molar-refractivity contribution >= 4 is 22.6 Å². The summed E-state index contributed by atoms with van der Waals surface area (Å²) in [6.07, 6.45) is 14.9. The molecule has 2 heterocycles. The molecule has 7 atom stereocenters. The molecule has 1 aromatic carbocycles. The summed E-state index contributed by atoms with van der Waals surface area (Å²) in [5, 5.41) is 15.0. The van der Waals surface area contributed by atoms with E-state index in [2.05, 4.69) is 67.5 Å². The summed E-state index contributed by atoms with van der Waals surface area (Å²) in [6.45, 7) is 8.34. The van der Waals surface area contributed by atoms with Gasteiger partial charge in [0.05, 0.1) is 6.10 Å². The summed E-state index contributed by atoms with van der Waals surface area (Å²) in [7, 11) is 0. The van der Waals surface area contributed by atoms with Crippen molar-refractivity contribution in [2.24, 2.45) is 29.1 Å². The minimum atomic E-state index is -1.20. The smallest absolute Gasteiger partial charge is 0.235 e. The van der Waals surface area contributed by atoms with Gasteiger partial charge in [0, 0.05) is 35.0 Å². The molecule has 5 heteroatoms. The van der Waals surface area contributed by atoms with Gasteiger partial charge in [-0.3, -0.25) is 9.59 Å². The molecule has 1 spiro atoms. The Morgan fingerprint density at radius 3 is 2.62 bits per heavy atom. The van der Waals surface area contributed by atoms with Gasteiger partial charge in [-0.25, -0.2) is 0 Å². The van der Waals surface area contributed by atoms with E-state index in [1.807, 2.05) is 25.3 Å². The molecule has 0 bridgehead atoms. The molecule has 37 heavy (non-hydrogen) atoms. The Morgan fingerprint density at radius 1 is 1.03 bits per heavy atom. The number of aliphatic hydroxyl groups is 1. The number of aromatic amines is 1. The van der Waals surface area contributed by atoms with Crippen LogP contribution in [0.15, 0.2) is 78.1 Å². The molecule has 1 aromatic heterocycles. The van der Waals surface area contributed by atoms with Crippen molar-refractivity contribution in [2.45, 2.75) is 59.1 Å². The maximum absolute atomic E-state index is 14.1. The van der Waals surface area contributed by atoms with Crippen LogP contribution >= 0.6 is 0 Å². The van der Waals surface area contributed by atoms with Gasteiger partial charge in [-0.2, -0.15) is 0 Å². The number of ketones is 1. The quantitative estimate of drug-likeness (QED) is 0.381. The second-order valence-corrected chi connectivity index (χ2v) is 11.3. The molecule has 194 valence electrons. The first-order chi connectivity index (χ1) is 17.7. The highest BCUT2D eigenvalue weighted by atomic mass is 16.3. The molecule has 2 aliphatic carbocycles. The number of rotatable bonds is 2. The minimum absolute atomic E-state index is 0.0697. The normalized spacial score (nSPS) is 37.6. The summed E-state index contributed by atoms with van der Waals surface area (Å²) in [6, 6.07) is 8.03. The van der Waals surface area contributed by atoms with Crippen LogP contribution in [0, 0.1) is 29.1 Å². The Hall–Kier alpha value is -3.18. The number of hydrogen-bond donors (Lipinski definition) is 3. The van der Waals surface area contributed by atoms with Gasteiger partial charge in [-0.15, -0.1) is 0 Å². The first-order valence-electron chi connectivity index (χ1n) is 13.5. The predicted octanol–water partition coefficient (Wildman–Crippen LogP) is 5.44. The predicted molar refractivity (Wildman–Crippen MR) is 148 cm³/mol. The number of carbonyl (C=O) groups is 2. The van der Waals surface area contributed by atoms with Crippen LogP contribution in [0.5, 0.6) is 0 Å². The van der Waals surface area contributed by atoms with E-state index in [9.17, 15) is 14.7 Å². The fourth-order valence-corrected chi connectivity index (χ4v) is 6.87. The lowest BCUT2D eigenvalue weighted by Gasteiger charge is -2.44. The van der Waals surface area contributed by atoms with Gasteiger partial charge in [0.15, 0.2) is 5.78 Å². The van der Waals surface area contributed by atoms with Crippen LogP contribution in [-0.4, -0.2) is 33.9 Å². The minimum Gasteiger partial charge on any atom is -0.388 e. The standard InChI is InChI=1S/C32H38N2O3/c1-19-9-7-10-24-16-20(2)22(4)30-27(17-23-18-33-26-12-6-5-11-25(23)26)34-31(37)32(24,30)29(36)14-8-13-28(35)21(3)15-19/h5-8,10-12,14-16,18-19,22,24,27-28,30,33,35H,9,13,17H2,1-4H3,(H,34,37)/b10-7+,14-8+,21-15+/t19-,22+,24-,27-,28-,30-,32+/m0/s1.